The summed E-state index contributed by atoms with van der Waals surface area (Å²) in [6, 6.07) is 0. The van der Waals surface area contributed by atoms with E-state index in [1.807, 2.05) is 0 Å². The van der Waals surface area contributed by atoms with Crippen LogP contribution < -0.4 is 0 Å². The SMILES string of the molecule is CCC#CCCCCCCCCC(=O)O[C@H](C)CO[P+](=O)O. The molecule has 0 saturated carbocycles. The van der Waals surface area contributed by atoms with E-state index < -0.39 is 14.4 Å². The average molecular weight is 331 g/mol. The van der Waals surface area contributed by atoms with E-state index in [4.69, 9.17) is 9.63 Å². The maximum absolute atomic E-state index is 11.5. The summed E-state index contributed by atoms with van der Waals surface area (Å²) in [4.78, 5) is 20.0. The van der Waals surface area contributed by atoms with Gasteiger partial charge in [-0.05, 0) is 19.8 Å². The van der Waals surface area contributed by atoms with Crippen molar-refractivity contribution in [3.63, 3.8) is 0 Å². The maximum Gasteiger partial charge on any atom is 0.694 e. The molecule has 6 heteroatoms. The van der Waals surface area contributed by atoms with Gasteiger partial charge in [0, 0.05) is 23.8 Å². The number of ether oxygens (including phenoxy) is 1. The third kappa shape index (κ3) is 15.4. The van der Waals surface area contributed by atoms with Gasteiger partial charge in [-0.25, -0.2) is 0 Å². The average Bonchev–Trinajstić information content (AvgIpc) is 2.47. The van der Waals surface area contributed by atoms with E-state index in [9.17, 15) is 9.36 Å². The van der Waals surface area contributed by atoms with Crippen molar-refractivity contribution in [2.75, 3.05) is 6.61 Å². The molecule has 22 heavy (non-hydrogen) atoms. The van der Waals surface area contributed by atoms with E-state index in [-0.39, 0.29) is 12.6 Å². The minimum atomic E-state index is -2.63. The summed E-state index contributed by atoms with van der Waals surface area (Å²) in [6.07, 6.45) is 8.28. The van der Waals surface area contributed by atoms with Crippen molar-refractivity contribution in [2.24, 2.45) is 0 Å². The lowest BCUT2D eigenvalue weighted by atomic mass is 10.1. The first-order valence-electron chi connectivity index (χ1n) is 8.00. The molecule has 0 radical (unpaired) electrons. The second-order valence-corrected chi connectivity index (χ2v) is 5.90. The zero-order valence-corrected chi connectivity index (χ0v) is 14.6. The van der Waals surface area contributed by atoms with Crippen molar-refractivity contribution < 1.29 is 23.5 Å². The fourth-order valence-corrected chi connectivity index (χ4v) is 2.23. The van der Waals surface area contributed by atoms with Crippen molar-refractivity contribution >= 4 is 14.2 Å². The monoisotopic (exact) mass is 331 g/mol. The normalized spacial score (nSPS) is 12.2. The summed E-state index contributed by atoms with van der Waals surface area (Å²) < 4.78 is 19.9. The van der Waals surface area contributed by atoms with Crippen molar-refractivity contribution in [3.8, 4) is 11.8 Å². The molecule has 0 aliphatic rings. The van der Waals surface area contributed by atoms with E-state index in [1.54, 1.807) is 6.92 Å². The number of hydrogen-bond acceptors (Lipinski definition) is 4. The molecule has 0 aliphatic heterocycles. The molecule has 0 aromatic carbocycles. The van der Waals surface area contributed by atoms with Gasteiger partial charge in [-0.1, -0.05) is 32.6 Å². The van der Waals surface area contributed by atoms with Gasteiger partial charge in [-0.15, -0.1) is 21.3 Å². The molecule has 0 saturated heterocycles. The van der Waals surface area contributed by atoms with Crippen molar-refractivity contribution in [1.82, 2.24) is 0 Å². The number of hydrogen-bond donors (Lipinski definition) is 1. The Balaban J connectivity index is 3.39. The molecule has 0 fully saturated rings. The number of esters is 1. The topological polar surface area (TPSA) is 72.8 Å². The first-order chi connectivity index (χ1) is 10.6. The predicted octanol–water partition coefficient (Wildman–Crippen LogP) is 4.12. The van der Waals surface area contributed by atoms with E-state index in [2.05, 4.69) is 23.3 Å². The summed E-state index contributed by atoms with van der Waals surface area (Å²) in [5, 5.41) is 0. The third-order valence-electron chi connectivity index (χ3n) is 2.99. The Morgan fingerprint density at radius 3 is 2.41 bits per heavy atom. The van der Waals surface area contributed by atoms with E-state index in [0.717, 1.165) is 38.5 Å². The van der Waals surface area contributed by atoms with Crippen LogP contribution in [0.5, 0.6) is 0 Å². The molecule has 0 bridgehead atoms. The van der Waals surface area contributed by atoms with Crippen molar-refractivity contribution in [1.29, 1.82) is 0 Å². The van der Waals surface area contributed by atoms with E-state index >= 15 is 0 Å². The van der Waals surface area contributed by atoms with E-state index in [0.29, 0.717) is 6.42 Å². The molecule has 1 unspecified atom stereocenters. The lowest BCUT2D eigenvalue weighted by Crippen LogP contribution is -2.18. The zero-order valence-electron chi connectivity index (χ0n) is 13.7. The van der Waals surface area contributed by atoms with Crippen LogP contribution in [-0.4, -0.2) is 23.6 Å². The van der Waals surface area contributed by atoms with Crippen LogP contribution in [0, 0.1) is 11.8 Å². The summed E-state index contributed by atoms with van der Waals surface area (Å²) in [6.45, 7) is 3.64. The van der Waals surface area contributed by atoms with Crippen LogP contribution in [0.3, 0.4) is 0 Å². The highest BCUT2D eigenvalue weighted by Gasteiger charge is 2.17. The maximum atomic E-state index is 11.5. The van der Waals surface area contributed by atoms with Gasteiger partial charge in [0.1, 0.15) is 12.7 Å². The first-order valence-corrected chi connectivity index (χ1v) is 9.13. The van der Waals surface area contributed by atoms with Crippen LogP contribution >= 0.6 is 8.25 Å². The smallest absolute Gasteiger partial charge is 0.460 e. The quantitative estimate of drug-likeness (QED) is 0.252. The second kappa shape index (κ2) is 15.0. The van der Waals surface area contributed by atoms with Crippen molar-refractivity contribution in [3.05, 3.63) is 0 Å². The third-order valence-corrected chi connectivity index (χ3v) is 3.36. The molecule has 2 atom stereocenters. The van der Waals surface area contributed by atoms with Gasteiger partial charge in [0.15, 0.2) is 0 Å². The largest absolute Gasteiger partial charge is 0.694 e. The van der Waals surface area contributed by atoms with Crippen LogP contribution in [0.4, 0.5) is 0 Å². The van der Waals surface area contributed by atoms with Gasteiger partial charge >= 0.3 is 14.2 Å². The highest BCUT2D eigenvalue weighted by atomic mass is 31.1. The molecule has 126 valence electrons. The van der Waals surface area contributed by atoms with Gasteiger partial charge in [0.05, 0.1) is 0 Å². The van der Waals surface area contributed by atoms with Crippen LogP contribution in [0.2, 0.25) is 0 Å². The summed E-state index contributed by atoms with van der Waals surface area (Å²) in [7, 11) is -2.63. The van der Waals surface area contributed by atoms with Gasteiger partial charge in [0.25, 0.3) is 0 Å². The first kappa shape index (κ1) is 21.0. The van der Waals surface area contributed by atoms with Gasteiger partial charge in [-0.3, -0.25) is 4.79 Å². The Labute approximate surface area is 134 Å². The summed E-state index contributed by atoms with van der Waals surface area (Å²) in [5.41, 5.74) is 0. The molecule has 0 aromatic heterocycles. The molecule has 1 N–H and O–H groups in total. The standard InChI is InChI=1S/C16H27O5P/c1-3-4-5-6-7-8-9-10-11-12-13-16(17)21-15(2)14-20-22(18)19/h15H,3,6-14H2,1-2H3/p+1/t15-/m1/s1. The number of unbranched alkanes of at least 4 members (excludes halogenated alkanes) is 6. The molecule has 5 nitrogen and oxygen atoms in total. The number of carbonyl (C=O) groups is 1. The number of carbonyl (C=O) groups excluding carboxylic acids is 1. The van der Waals surface area contributed by atoms with Crippen LogP contribution in [0.25, 0.3) is 0 Å². The Morgan fingerprint density at radius 2 is 1.77 bits per heavy atom. The summed E-state index contributed by atoms with van der Waals surface area (Å²) >= 11 is 0. The minimum Gasteiger partial charge on any atom is -0.460 e. The minimum absolute atomic E-state index is 0.0572. The molecule has 0 aromatic rings. The van der Waals surface area contributed by atoms with Gasteiger partial charge in [-0.2, -0.15) is 0 Å². The Bertz CT molecular complexity index is 372. The molecule has 0 heterocycles. The Hall–Kier alpha value is -0.950. The highest BCUT2D eigenvalue weighted by molar-refractivity contribution is 7.32. The van der Waals surface area contributed by atoms with Crippen LogP contribution in [-0.2, 0) is 18.6 Å². The molecule has 0 spiro atoms. The van der Waals surface area contributed by atoms with Crippen molar-refractivity contribution in [2.45, 2.75) is 77.7 Å². The highest BCUT2D eigenvalue weighted by Crippen LogP contribution is 2.15. The fraction of sp³-hybridized carbons (Fsp3) is 0.812. The number of rotatable bonds is 12. The van der Waals surface area contributed by atoms with Gasteiger partial charge in [0.2, 0.25) is 0 Å². The fourth-order valence-electron chi connectivity index (χ4n) is 1.89. The zero-order chi connectivity index (χ0) is 16.6. The summed E-state index contributed by atoms with van der Waals surface area (Å²) in [5.74, 6) is 5.92. The van der Waals surface area contributed by atoms with Crippen LogP contribution in [0.15, 0.2) is 0 Å². The Kier molecular flexibility index (Phi) is 14.3. The Morgan fingerprint density at radius 1 is 1.14 bits per heavy atom. The van der Waals surface area contributed by atoms with E-state index in [1.165, 1.54) is 12.8 Å². The molecular weight excluding hydrogens is 303 g/mol. The van der Waals surface area contributed by atoms with Gasteiger partial charge < -0.3 is 4.74 Å². The lowest BCUT2D eigenvalue weighted by molar-refractivity contribution is -0.149. The second-order valence-electron chi connectivity index (χ2n) is 5.16. The lowest BCUT2D eigenvalue weighted by Gasteiger charge is -2.09. The molecule has 0 rings (SSSR count). The molecular formula is C16H28O5P+. The van der Waals surface area contributed by atoms with Crippen LogP contribution in [0.1, 0.15) is 71.6 Å². The molecule has 0 aliphatic carbocycles. The molecule has 0 amide bonds. The predicted molar refractivity (Wildman–Crippen MR) is 86.3 cm³/mol.